The first-order valence-electron chi connectivity index (χ1n) is 9.42. The number of hydrogen-bond donors (Lipinski definition) is 1. The molecule has 0 bridgehead atoms. The number of nitrogens with zero attached hydrogens (tertiary/aromatic N) is 5. The van der Waals surface area contributed by atoms with E-state index in [2.05, 4.69) is 20.5 Å². The summed E-state index contributed by atoms with van der Waals surface area (Å²) >= 11 is 0. The predicted molar refractivity (Wildman–Crippen MR) is 112 cm³/mol. The molecule has 2 aromatic heterocycles. The maximum Gasteiger partial charge on any atom is 0.271 e. The fourth-order valence-electron chi connectivity index (χ4n) is 3.43. The highest BCUT2D eigenvalue weighted by atomic mass is 16.2. The van der Waals surface area contributed by atoms with Crippen LogP contribution in [-0.4, -0.2) is 32.3 Å². The van der Waals surface area contributed by atoms with Crippen LogP contribution in [0.5, 0.6) is 0 Å². The SMILES string of the molecule is Cc1ccc(C)c(N2N=C(C(=O)Nc3cnc4c(c3)c(C)nn4C)CCC2=O)c1. The number of fused-ring (bicyclic) bond motifs is 1. The molecule has 1 aliphatic heterocycles. The second-order valence-electron chi connectivity index (χ2n) is 7.30. The standard InChI is InChI=1S/C21H22N6O2/c1-12-5-6-13(2)18(9-12)27-19(28)8-7-17(25-27)21(29)23-15-10-16-14(3)24-26(4)20(16)22-11-15/h5-6,9-11H,7-8H2,1-4H3,(H,23,29). The van der Waals surface area contributed by atoms with Crippen LogP contribution in [0, 0.1) is 20.8 Å². The lowest BCUT2D eigenvalue weighted by atomic mass is 10.1. The highest BCUT2D eigenvalue weighted by Crippen LogP contribution is 2.26. The Kier molecular flexibility index (Phi) is 4.62. The van der Waals surface area contributed by atoms with Gasteiger partial charge in [-0.3, -0.25) is 14.3 Å². The Morgan fingerprint density at radius 1 is 1.14 bits per heavy atom. The minimum absolute atomic E-state index is 0.121. The van der Waals surface area contributed by atoms with E-state index in [-0.39, 0.29) is 18.2 Å². The summed E-state index contributed by atoms with van der Waals surface area (Å²) in [6.07, 6.45) is 2.13. The van der Waals surface area contributed by atoms with Gasteiger partial charge in [0.15, 0.2) is 5.65 Å². The number of hydrazone groups is 1. The average molecular weight is 390 g/mol. The van der Waals surface area contributed by atoms with E-state index in [0.717, 1.165) is 27.9 Å². The zero-order valence-corrected chi connectivity index (χ0v) is 16.9. The molecule has 0 saturated heterocycles. The largest absolute Gasteiger partial charge is 0.319 e. The number of benzene rings is 1. The summed E-state index contributed by atoms with van der Waals surface area (Å²) < 4.78 is 1.70. The van der Waals surface area contributed by atoms with Crippen molar-refractivity contribution in [3.8, 4) is 0 Å². The number of hydrogen-bond acceptors (Lipinski definition) is 5. The number of amides is 2. The number of aromatic nitrogens is 3. The lowest BCUT2D eigenvalue weighted by molar-refractivity contribution is -0.118. The second kappa shape index (κ2) is 7.12. The van der Waals surface area contributed by atoms with Gasteiger partial charge in [-0.2, -0.15) is 10.2 Å². The summed E-state index contributed by atoms with van der Waals surface area (Å²) in [6, 6.07) is 7.67. The van der Waals surface area contributed by atoms with Gasteiger partial charge >= 0.3 is 0 Å². The number of carbonyl (C=O) groups is 2. The van der Waals surface area contributed by atoms with E-state index in [4.69, 9.17) is 0 Å². The summed E-state index contributed by atoms with van der Waals surface area (Å²) in [4.78, 5) is 29.6. The molecule has 0 aliphatic carbocycles. The third-order valence-corrected chi connectivity index (χ3v) is 5.01. The van der Waals surface area contributed by atoms with Crippen LogP contribution in [0.4, 0.5) is 11.4 Å². The van der Waals surface area contributed by atoms with Crippen molar-refractivity contribution >= 4 is 39.9 Å². The van der Waals surface area contributed by atoms with Crippen molar-refractivity contribution in [2.24, 2.45) is 12.1 Å². The fraction of sp³-hybridized carbons (Fsp3) is 0.286. The number of aryl methyl sites for hydroxylation is 4. The van der Waals surface area contributed by atoms with Crippen molar-refractivity contribution in [2.75, 3.05) is 10.3 Å². The molecule has 3 aromatic rings. The van der Waals surface area contributed by atoms with Crippen molar-refractivity contribution in [3.05, 3.63) is 47.3 Å². The molecule has 3 heterocycles. The van der Waals surface area contributed by atoms with Gasteiger partial charge in [0.1, 0.15) is 5.71 Å². The first-order valence-corrected chi connectivity index (χ1v) is 9.42. The first-order chi connectivity index (χ1) is 13.8. The third kappa shape index (κ3) is 3.49. The van der Waals surface area contributed by atoms with Crippen LogP contribution < -0.4 is 10.3 Å². The molecule has 0 spiro atoms. The van der Waals surface area contributed by atoms with Crippen LogP contribution >= 0.6 is 0 Å². The minimum Gasteiger partial charge on any atom is -0.319 e. The Morgan fingerprint density at radius 3 is 2.72 bits per heavy atom. The van der Waals surface area contributed by atoms with Crippen LogP contribution in [-0.2, 0) is 16.6 Å². The van der Waals surface area contributed by atoms with E-state index in [1.165, 1.54) is 5.01 Å². The first kappa shape index (κ1) is 18.8. The Bertz CT molecular complexity index is 1180. The van der Waals surface area contributed by atoms with Gasteiger partial charge in [-0.15, -0.1) is 0 Å². The summed E-state index contributed by atoms with van der Waals surface area (Å²) in [6.45, 7) is 5.77. The Hall–Kier alpha value is -3.55. The molecule has 0 saturated carbocycles. The number of pyridine rings is 1. The summed E-state index contributed by atoms with van der Waals surface area (Å²) in [5.74, 6) is -0.458. The molecule has 8 heteroatoms. The topological polar surface area (TPSA) is 92.5 Å². The Labute approximate surface area is 168 Å². The number of nitrogens with one attached hydrogen (secondary N) is 1. The van der Waals surface area contributed by atoms with Gasteiger partial charge in [0, 0.05) is 25.3 Å². The molecule has 1 N–H and O–H groups in total. The van der Waals surface area contributed by atoms with E-state index in [9.17, 15) is 9.59 Å². The third-order valence-electron chi connectivity index (χ3n) is 5.01. The van der Waals surface area contributed by atoms with Crippen LogP contribution in [0.15, 0.2) is 35.6 Å². The van der Waals surface area contributed by atoms with E-state index in [0.29, 0.717) is 23.5 Å². The van der Waals surface area contributed by atoms with E-state index in [1.54, 1.807) is 10.9 Å². The van der Waals surface area contributed by atoms with Gasteiger partial charge in [0.2, 0.25) is 5.91 Å². The Balaban J connectivity index is 1.62. The number of carbonyl (C=O) groups excluding carboxylic acids is 2. The molecule has 29 heavy (non-hydrogen) atoms. The maximum absolute atomic E-state index is 12.8. The molecular formula is C21H22N6O2. The van der Waals surface area contributed by atoms with Crippen LogP contribution in [0.3, 0.4) is 0 Å². The molecule has 4 rings (SSSR count). The van der Waals surface area contributed by atoms with Gasteiger partial charge in [0.05, 0.1) is 23.3 Å². The van der Waals surface area contributed by atoms with E-state index >= 15 is 0 Å². The van der Waals surface area contributed by atoms with Crippen molar-refractivity contribution in [2.45, 2.75) is 33.6 Å². The van der Waals surface area contributed by atoms with Crippen LogP contribution in [0.25, 0.3) is 11.0 Å². The average Bonchev–Trinajstić information content (AvgIpc) is 2.97. The monoisotopic (exact) mass is 390 g/mol. The molecule has 8 nitrogen and oxygen atoms in total. The zero-order valence-electron chi connectivity index (χ0n) is 16.9. The van der Waals surface area contributed by atoms with E-state index in [1.807, 2.05) is 52.1 Å². The van der Waals surface area contributed by atoms with Crippen LogP contribution in [0.2, 0.25) is 0 Å². The molecule has 0 unspecified atom stereocenters. The molecule has 148 valence electrons. The zero-order chi connectivity index (χ0) is 20.7. The molecule has 0 radical (unpaired) electrons. The highest BCUT2D eigenvalue weighted by molar-refractivity contribution is 6.44. The van der Waals surface area contributed by atoms with Crippen molar-refractivity contribution in [1.82, 2.24) is 14.8 Å². The molecule has 2 amide bonds. The second-order valence-corrected chi connectivity index (χ2v) is 7.30. The van der Waals surface area contributed by atoms with Gasteiger partial charge in [-0.25, -0.2) is 9.99 Å². The molecular weight excluding hydrogens is 368 g/mol. The molecule has 1 aliphatic rings. The highest BCUT2D eigenvalue weighted by Gasteiger charge is 2.26. The molecule has 0 atom stereocenters. The summed E-state index contributed by atoms with van der Waals surface area (Å²) in [5.41, 5.74) is 5.13. The van der Waals surface area contributed by atoms with Crippen LogP contribution in [0.1, 0.15) is 29.7 Å². The maximum atomic E-state index is 12.8. The number of rotatable bonds is 3. The van der Waals surface area contributed by atoms with Gasteiger partial charge in [-0.1, -0.05) is 12.1 Å². The van der Waals surface area contributed by atoms with Gasteiger partial charge < -0.3 is 5.32 Å². The molecule has 0 fully saturated rings. The van der Waals surface area contributed by atoms with Crippen molar-refractivity contribution < 1.29 is 9.59 Å². The van der Waals surface area contributed by atoms with Crippen molar-refractivity contribution in [3.63, 3.8) is 0 Å². The van der Waals surface area contributed by atoms with E-state index < -0.39 is 0 Å². The lowest BCUT2D eigenvalue weighted by Crippen LogP contribution is -2.36. The fourth-order valence-corrected chi connectivity index (χ4v) is 3.43. The lowest BCUT2D eigenvalue weighted by Gasteiger charge is -2.24. The smallest absolute Gasteiger partial charge is 0.271 e. The van der Waals surface area contributed by atoms with Gasteiger partial charge in [0.25, 0.3) is 5.91 Å². The predicted octanol–water partition coefficient (Wildman–Crippen LogP) is 3.02. The normalized spacial score (nSPS) is 14.3. The Morgan fingerprint density at radius 2 is 1.93 bits per heavy atom. The summed E-state index contributed by atoms with van der Waals surface area (Å²) in [7, 11) is 1.83. The molecule has 1 aromatic carbocycles. The number of anilines is 2. The minimum atomic E-state index is -0.338. The van der Waals surface area contributed by atoms with Gasteiger partial charge in [-0.05, 0) is 44.0 Å². The van der Waals surface area contributed by atoms with Crippen molar-refractivity contribution in [1.29, 1.82) is 0 Å². The quantitative estimate of drug-likeness (QED) is 0.744. The summed E-state index contributed by atoms with van der Waals surface area (Å²) in [5, 5.41) is 13.8.